The van der Waals surface area contributed by atoms with E-state index in [9.17, 15) is 0 Å². The van der Waals surface area contributed by atoms with Crippen molar-refractivity contribution >= 4 is 0 Å². The van der Waals surface area contributed by atoms with E-state index in [1.54, 1.807) is 6.20 Å². The zero-order chi connectivity index (χ0) is 18.0. The molecule has 3 aromatic rings. The van der Waals surface area contributed by atoms with E-state index in [0.29, 0.717) is 0 Å². The molecular formula is C21H26N4O. The Morgan fingerprint density at radius 2 is 1.96 bits per heavy atom. The molecule has 0 saturated heterocycles. The Morgan fingerprint density at radius 1 is 1.08 bits per heavy atom. The first-order valence-corrected chi connectivity index (χ1v) is 9.21. The molecule has 3 rings (SSSR count). The maximum Gasteiger partial charge on any atom is 0.0988 e. The molecule has 0 unspecified atom stereocenters. The first kappa shape index (κ1) is 18.3. The second kappa shape index (κ2) is 9.85. The van der Waals surface area contributed by atoms with Crippen molar-refractivity contribution in [2.75, 3.05) is 19.8 Å². The Morgan fingerprint density at radius 3 is 2.73 bits per heavy atom. The molecule has 0 aliphatic heterocycles. The summed E-state index contributed by atoms with van der Waals surface area (Å²) in [6, 6.07) is 14.2. The zero-order valence-corrected chi connectivity index (χ0v) is 15.3. The Bertz CT molecular complexity index is 771. The van der Waals surface area contributed by atoms with Crippen LogP contribution in [0.1, 0.15) is 25.3 Å². The molecule has 2 aromatic heterocycles. The third kappa shape index (κ3) is 5.00. The monoisotopic (exact) mass is 350 g/mol. The summed E-state index contributed by atoms with van der Waals surface area (Å²) < 4.78 is 7.32. The molecule has 0 fully saturated rings. The van der Waals surface area contributed by atoms with Crippen molar-refractivity contribution in [1.29, 1.82) is 0 Å². The summed E-state index contributed by atoms with van der Waals surface area (Å²) in [6.45, 7) is 5.41. The molecule has 5 nitrogen and oxygen atoms in total. The Kier molecular flexibility index (Phi) is 6.93. The van der Waals surface area contributed by atoms with Gasteiger partial charge in [0.25, 0.3) is 0 Å². The number of aromatic nitrogens is 3. The number of nitrogens with one attached hydrogen (secondary N) is 1. The molecule has 2 heterocycles. The van der Waals surface area contributed by atoms with Crippen molar-refractivity contribution in [3.8, 4) is 16.9 Å². The van der Waals surface area contributed by atoms with Gasteiger partial charge in [-0.15, -0.1) is 0 Å². The lowest BCUT2D eigenvalue weighted by molar-refractivity contribution is 0.143. The van der Waals surface area contributed by atoms with Gasteiger partial charge in [0.1, 0.15) is 0 Å². The number of ether oxygens (including phenoxy) is 1. The fourth-order valence-electron chi connectivity index (χ4n) is 2.82. The van der Waals surface area contributed by atoms with Crippen LogP contribution in [0.2, 0.25) is 0 Å². The molecular weight excluding hydrogens is 324 g/mol. The Labute approximate surface area is 155 Å². The number of nitrogens with zero attached hydrogens (tertiary/aromatic N) is 3. The highest BCUT2D eigenvalue weighted by Gasteiger charge is 2.12. The van der Waals surface area contributed by atoms with Crippen molar-refractivity contribution in [1.82, 2.24) is 20.1 Å². The minimum atomic E-state index is 0.783. The number of rotatable bonds is 10. The van der Waals surface area contributed by atoms with E-state index >= 15 is 0 Å². The minimum Gasteiger partial charge on any atom is -0.382 e. The molecule has 0 aliphatic carbocycles. The van der Waals surface area contributed by atoms with E-state index in [2.05, 4.69) is 34.7 Å². The molecule has 0 radical (unpaired) electrons. The largest absolute Gasteiger partial charge is 0.382 e. The van der Waals surface area contributed by atoms with Gasteiger partial charge in [0, 0.05) is 49.5 Å². The third-order valence-electron chi connectivity index (χ3n) is 4.16. The van der Waals surface area contributed by atoms with Crippen LogP contribution in [0.4, 0.5) is 0 Å². The van der Waals surface area contributed by atoms with Crippen LogP contribution in [0.15, 0.2) is 61.1 Å². The standard InChI is InChI=1S/C21H26N4O/c1-2-26-14-7-6-12-22-16-19-17-25(20-10-4-3-5-11-20)24-21(19)18-9-8-13-23-15-18/h3-5,8-11,13,15,17,22H,2,6-7,12,14,16H2,1H3. The van der Waals surface area contributed by atoms with Crippen LogP contribution in [0.5, 0.6) is 0 Å². The van der Waals surface area contributed by atoms with Crippen LogP contribution in [-0.2, 0) is 11.3 Å². The van der Waals surface area contributed by atoms with Crippen molar-refractivity contribution < 1.29 is 4.74 Å². The summed E-state index contributed by atoms with van der Waals surface area (Å²) in [4.78, 5) is 4.24. The van der Waals surface area contributed by atoms with E-state index in [0.717, 1.165) is 56.1 Å². The predicted molar refractivity (Wildman–Crippen MR) is 104 cm³/mol. The smallest absolute Gasteiger partial charge is 0.0988 e. The number of para-hydroxylation sites is 1. The quantitative estimate of drug-likeness (QED) is 0.565. The van der Waals surface area contributed by atoms with E-state index < -0.39 is 0 Å². The Balaban J connectivity index is 1.70. The number of hydrogen-bond donors (Lipinski definition) is 1. The number of unbranched alkanes of at least 4 members (excludes halogenated alkanes) is 1. The van der Waals surface area contributed by atoms with E-state index in [-0.39, 0.29) is 0 Å². The number of benzene rings is 1. The molecule has 1 N–H and O–H groups in total. The van der Waals surface area contributed by atoms with Crippen LogP contribution < -0.4 is 5.32 Å². The lowest BCUT2D eigenvalue weighted by Crippen LogP contribution is -2.15. The average Bonchev–Trinajstić information content (AvgIpc) is 3.13. The van der Waals surface area contributed by atoms with Gasteiger partial charge in [-0.3, -0.25) is 4.98 Å². The second-order valence-electron chi connectivity index (χ2n) is 6.11. The zero-order valence-electron chi connectivity index (χ0n) is 15.3. The third-order valence-corrected chi connectivity index (χ3v) is 4.16. The maximum absolute atomic E-state index is 5.38. The number of hydrogen-bond acceptors (Lipinski definition) is 4. The molecule has 26 heavy (non-hydrogen) atoms. The highest BCUT2D eigenvalue weighted by atomic mass is 16.5. The van der Waals surface area contributed by atoms with Crippen molar-refractivity contribution in [3.05, 3.63) is 66.6 Å². The summed E-state index contributed by atoms with van der Waals surface area (Å²) in [5.41, 5.74) is 4.24. The first-order chi connectivity index (χ1) is 12.9. The van der Waals surface area contributed by atoms with Gasteiger partial charge in [-0.1, -0.05) is 18.2 Å². The van der Waals surface area contributed by atoms with Crippen LogP contribution >= 0.6 is 0 Å². The van der Waals surface area contributed by atoms with Gasteiger partial charge in [-0.05, 0) is 50.6 Å². The summed E-state index contributed by atoms with van der Waals surface area (Å²) in [7, 11) is 0. The SMILES string of the molecule is CCOCCCCNCc1cn(-c2ccccc2)nc1-c1cccnc1. The van der Waals surface area contributed by atoms with Gasteiger partial charge in [-0.25, -0.2) is 4.68 Å². The highest BCUT2D eigenvalue weighted by molar-refractivity contribution is 5.62. The Hall–Kier alpha value is -2.50. The summed E-state index contributed by atoms with van der Waals surface area (Å²) in [5.74, 6) is 0. The summed E-state index contributed by atoms with van der Waals surface area (Å²) in [5, 5.41) is 8.33. The van der Waals surface area contributed by atoms with E-state index in [1.165, 1.54) is 5.56 Å². The van der Waals surface area contributed by atoms with Crippen LogP contribution in [0.25, 0.3) is 16.9 Å². The number of pyridine rings is 1. The molecule has 1 aromatic carbocycles. The molecule has 0 aliphatic rings. The van der Waals surface area contributed by atoms with Gasteiger partial charge in [0.2, 0.25) is 0 Å². The highest BCUT2D eigenvalue weighted by Crippen LogP contribution is 2.22. The lowest BCUT2D eigenvalue weighted by atomic mass is 10.1. The molecule has 0 bridgehead atoms. The molecule has 0 saturated carbocycles. The molecule has 0 atom stereocenters. The van der Waals surface area contributed by atoms with Crippen molar-refractivity contribution in [3.63, 3.8) is 0 Å². The van der Waals surface area contributed by atoms with Crippen LogP contribution in [0, 0.1) is 0 Å². The summed E-state index contributed by atoms with van der Waals surface area (Å²) in [6.07, 6.45) is 7.94. The maximum atomic E-state index is 5.38. The molecule has 0 spiro atoms. The van der Waals surface area contributed by atoms with Crippen LogP contribution in [0.3, 0.4) is 0 Å². The molecule has 5 heteroatoms. The van der Waals surface area contributed by atoms with E-state index in [1.807, 2.05) is 42.1 Å². The predicted octanol–water partition coefficient (Wildman–Crippen LogP) is 3.84. The summed E-state index contributed by atoms with van der Waals surface area (Å²) >= 11 is 0. The molecule has 0 amide bonds. The fraction of sp³-hybridized carbons (Fsp3) is 0.333. The van der Waals surface area contributed by atoms with Gasteiger partial charge in [-0.2, -0.15) is 5.10 Å². The molecule has 136 valence electrons. The van der Waals surface area contributed by atoms with Gasteiger partial charge < -0.3 is 10.1 Å². The van der Waals surface area contributed by atoms with Crippen LogP contribution in [-0.4, -0.2) is 34.5 Å². The normalized spacial score (nSPS) is 11.0. The fourth-order valence-corrected chi connectivity index (χ4v) is 2.82. The topological polar surface area (TPSA) is 52.0 Å². The van der Waals surface area contributed by atoms with E-state index in [4.69, 9.17) is 9.84 Å². The van der Waals surface area contributed by atoms with Gasteiger partial charge >= 0.3 is 0 Å². The lowest BCUT2D eigenvalue weighted by Gasteiger charge is -2.05. The first-order valence-electron chi connectivity index (χ1n) is 9.21. The average molecular weight is 350 g/mol. The second-order valence-corrected chi connectivity index (χ2v) is 6.11. The van der Waals surface area contributed by atoms with Gasteiger partial charge in [0.15, 0.2) is 0 Å². The van der Waals surface area contributed by atoms with Crippen molar-refractivity contribution in [2.45, 2.75) is 26.3 Å². The minimum absolute atomic E-state index is 0.783. The van der Waals surface area contributed by atoms with Gasteiger partial charge in [0.05, 0.1) is 11.4 Å². The van der Waals surface area contributed by atoms with Crippen molar-refractivity contribution in [2.24, 2.45) is 0 Å².